The molecular weight excluding hydrogens is 382 g/mol. The molecule has 1 aromatic carbocycles. The van der Waals surface area contributed by atoms with Gasteiger partial charge in [0.25, 0.3) is 0 Å². The number of aliphatic hydroxyl groups excluding tert-OH is 1. The van der Waals surface area contributed by atoms with E-state index in [9.17, 15) is 5.11 Å². The van der Waals surface area contributed by atoms with Crippen LogP contribution in [0.25, 0.3) is 0 Å². The van der Waals surface area contributed by atoms with Crippen LogP contribution in [-0.2, 0) is 6.54 Å². The number of nitrogens with zero attached hydrogens (tertiary/aromatic N) is 1. The van der Waals surface area contributed by atoms with Crippen molar-refractivity contribution in [2.45, 2.75) is 90.5 Å². The molecule has 1 rings (SSSR count). The van der Waals surface area contributed by atoms with Crippen LogP contribution in [0.3, 0.4) is 0 Å². The Balaban J connectivity index is 0.00000784. The summed E-state index contributed by atoms with van der Waals surface area (Å²) in [5, 5.41) is 9.52. The molecule has 29 heavy (non-hydrogen) atoms. The Kier molecular flexibility index (Phi) is 17.6. The van der Waals surface area contributed by atoms with Crippen molar-refractivity contribution in [2.24, 2.45) is 0 Å². The minimum Gasteiger partial charge on any atom is -1.00 e. The predicted molar refractivity (Wildman–Crippen MR) is 121 cm³/mol. The lowest BCUT2D eigenvalue weighted by atomic mass is 10.0. The van der Waals surface area contributed by atoms with Crippen LogP contribution in [0.1, 0.15) is 89.5 Å². The van der Waals surface area contributed by atoms with Crippen LogP contribution in [-0.4, -0.2) is 43.4 Å². The normalized spacial score (nSPS) is 13.0. The van der Waals surface area contributed by atoms with Crippen molar-refractivity contribution in [1.82, 2.24) is 0 Å². The summed E-state index contributed by atoms with van der Waals surface area (Å²) < 4.78 is 6.17. The van der Waals surface area contributed by atoms with E-state index in [2.05, 4.69) is 26.1 Å². The zero-order chi connectivity index (χ0) is 20.5. The monoisotopic (exact) mass is 427 g/mol. The van der Waals surface area contributed by atoms with Crippen molar-refractivity contribution in [2.75, 3.05) is 33.9 Å². The van der Waals surface area contributed by atoms with Gasteiger partial charge in [-0.05, 0) is 37.1 Å². The van der Waals surface area contributed by atoms with Crippen molar-refractivity contribution in [1.29, 1.82) is 0 Å². The zero-order valence-electron chi connectivity index (χ0n) is 19.3. The molecule has 0 saturated heterocycles. The van der Waals surface area contributed by atoms with Crippen LogP contribution < -0.4 is 17.1 Å². The number of aliphatic hydroxyl groups is 1. The molecule has 4 heteroatoms. The first-order valence-electron chi connectivity index (χ1n) is 11.7. The smallest absolute Gasteiger partial charge is 0.118 e. The van der Waals surface area contributed by atoms with Crippen molar-refractivity contribution in [3.8, 4) is 5.75 Å². The first kappa shape index (κ1) is 28.2. The highest BCUT2D eigenvalue weighted by atomic mass is 35.5. The Hall–Kier alpha value is -0.770. The van der Waals surface area contributed by atoms with Gasteiger partial charge in [-0.1, -0.05) is 71.1 Å². The summed E-state index contributed by atoms with van der Waals surface area (Å²) in [5.74, 6) is 0.904. The van der Waals surface area contributed by atoms with Crippen LogP contribution in [0.5, 0.6) is 5.75 Å². The molecule has 0 amide bonds. The molecule has 3 nitrogen and oxygen atoms in total. The van der Waals surface area contributed by atoms with Gasteiger partial charge in [-0.15, -0.1) is 0 Å². The van der Waals surface area contributed by atoms with Gasteiger partial charge in [-0.3, -0.25) is 0 Å². The molecule has 0 aliphatic carbocycles. The van der Waals surface area contributed by atoms with Gasteiger partial charge in [0, 0.05) is 5.56 Å². The van der Waals surface area contributed by atoms with Gasteiger partial charge in [-0.25, -0.2) is 0 Å². The molecule has 0 saturated carbocycles. The van der Waals surface area contributed by atoms with Crippen molar-refractivity contribution in [3.05, 3.63) is 29.8 Å². The van der Waals surface area contributed by atoms with E-state index in [4.69, 9.17) is 4.74 Å². The Morgan fingerprint density at radius 3 is 1.69 bits per heavy atom. The van der Waals surface area contributed by atoms with Gasteiger partial charge in [0.15, 0.2) is 0 Å². The SMILES string of the molecule is CCCCCCCCCCCCCC[N+](C)(CCO)Cc1ccc(OC)cc1.[Cl-]. The second-order valence-electron chi connectivity index (χ2n) is 8.69. The molecule has 1 atom stereocenters. The molecule has 0 aliphatic rings. The fourth-order valence-corrected chi connectivity index (χ4v) is 4.02. The zero-order valence-corrected chi connectivity index (χ0v) is 20.1. The number of hydrogen-bond donors (Lipinski definition) is 1. The third-order valence-electron chi connectivity index (χ3n) is 5.91. The lowest BCUT2D eigenvalue weighted by Gasteiger charge is -2.34. The Bertz CT molecular complexity index is 480. The molecule has 0 radical (unpaired) electrons. The highest BCUT2D eigenvalue weighted by Gasteiger charge is 2.21. The highest BCUT2D eigenvalue weighted by Crippen LogP contribution is 2.18. The molecule has 1 unspecified atom stereocenters. The van der Waals surface area contributed by atoms with E-state index in [1.807, 2.05) is 12.1 Å². The molecule has 0 aliphatic heterocycles. The summed E-state index contributed by atoms with van der Waals surface area (Å²) in [6, 6.07) is 8.36. The average molecular weight is 428 g/mol. The Morgan fingerprint density at radius 2 is 1.24 bits per heavy atom. The molecule has 0 aromatic heterocycles. The Labute approximate surface area is 186 Å². The van der Waals surface area contributed by atoms with Gasteiger partial charge in [-0.2, -0.15) is 0 Å². The summed E-state index contributed by atoms with van der Waals surface area (Å²) in [5.41, 5.74) is 1.32. The summed E-state index contributed by atoms with van der Waals surface area (Å²) in [6.07, 6.45) is 16.6. The highest BCUT2D eigenvalue weighted by molar-refractivity contribution is 5.26. The van der Waals surface area contributed by atoms with Gasteiger partial charge < -0.3 is 26.7 Å². The van der Waals surface area contributed by atoms with Crippen molar-refractivity contribution >= 4 is 0 Å². The summed E-state index contributed by atoms with van der Waals surface area (Å²) in [4.78, 5) is 0. The van der Waals surface area contributed by atoms with Crippen molar-refractivity contribution < 1.29 is 26.7 Å². The Morgan fingerprint density at radius 1 is 0.759 bits per heavy atom. The first-order chi connectivity index (χ1) is 13.6. The van der Waals surface area contributed by atoms with Crippen LogP contribution in [0, 0.1) is 0 Å². The number of ether oxygens (including phenoxy) is 1. The van der Waals surface area contributed by atoms with Gasteiger partial charge in [0.1, 0.15) is 18.8 Å². The van der Waals surface area contributed by atoms with Crippen molar-refractivity contribution in [3.63, 3.8) is 0 Å². The molecule has 0 heterocycles. The maximum atomic E-state index is 9.52. The fraction of sp³-hybridized carbons (Fsp3) is 0.760. The predicted octanol–water partition coefficient (Wildman–Crippen LogP) is 3.34. The van der Waals surface area contributed by atoms with E-state index in [0.717, 1.165) is 29.9 Å². The van der Waals surface area contributed by atoms with E-state index in [0.29, 0.717) is 0 Å². The standard InChI is InChI=1S/C25H46NO2.ClH/c1-4-5-6-7-8-9-10-11-12-13-14-15-20-26(2,21-22-27)23-24-16-18-25(28-3)19-17-24;/h16-19,27H,4-15,20-23H2,1-3H3;1H/q+1;/p-1. The molecule has 0 fully saturated rings. The lowest BCUT2D eigenvalue weighted by Crippen LogP contribution is -3.00. The molecule has 0 bridgehead atoms. The third-order valence-corrected chi connectivity index (χ3v) is 5.91. The number of rotatable bonds is 18. The maximum absolute atomic E-state index is 9.52. The average Bonchev–Trinajstić information content (AvgIpc) is 2.69. The number of hydrogen-bond acceptors (Lipinski definition) is 2. The quantitative estimate of drug-likeness (QED) is 0.287. The number of unbranched alkanes of at least 4 members (excludes halogenated alkanes) is 11. The van der Waals surface area contributed by atoms with Gasteiger partial charge >= 0.3 is 0 Å². The van der Waals surface area contributed by atoms with E-state index in [-0.39, 0.29) is 19.0 Å². The summed E-state index contributed by atoms with van der Waals surface area (Å²) in [6.45, 7) is 5.48. The van der Waals surface area contributed by atoms with Crippen LogP contribution in [0.4, 0.5) is 0 Å². The third kappa shape index (κ3) is 14.0. The van der Waals surface area contributed by atoms with E-state index >= 15 is 0 Å². The van der Waals surface area contributed by atoms with Crippen LogP contribution in [0.15, 0.2) is 24.3 Å². The minimum absolute atomic E-state index is 0. The van der Waals surface area contributed by atoms with E-state index in [1.54, 1.807) is 7.11 Å². The maximum Gasteiger partial charge on any atom is 0.118 e. The summed E-state index contributed by atoms with van der Waals surface area (Å²) in [7, 11) is 3.98. The topological polar surface area (TPSA) is 29.5 Å². The van der Waals surface area contributed by atoms with Gasteiger partial charge in [0.2, 0.25) is 0 Å². The first-order valence-corrected chi connectivity index (χ1v) is 11.7. The van der Waals surface area contributed by atoms with E-state index in [1.165, 1.54) is 82.6 Å². The second-order valence-corrected chi connectivity index (χ2v) is 8.69. The molecule has 0 spiro atoms. The number of halogens is 1. The largest absolute Gasteiger partial charge is 1.00 e. The molecule has 1 N–H and O–H groups in total. The lowest BCUT2D eigenvalue weighted by molar-refractivity contribution is -0.923. The molecule has 170 valence electrons. The van der Waals surface area contributed by atoms with Crippen LogP contribution in [0.2, 0.25) is 0 Å². The fourth-order valence-electron chi connectivity index (χ4n) is 4.02. The molecule has 1 aromatic rings. The number of quaternary nitrogens is 1. The number of benzene rings is 1. The second kappa shape index (κ2) is 18.0. The van der Waals surface area contributed by atoms with Crippen LogP contribution >= 0.6 is 0 Å². The minimum atomic E-state index is 0. The number of methoxy groups -OCH3 is 1. The van der Waals surface area contributed by atoms with E-state index < -0.39 is 0 Å². The molecular formula is C25H46ClNO2. The summed E-state index contributed by atoms with van der Waals surface area (Å²) >= 11 is 0. The number of likely N-dealkylation sites (N-methyl/N-ethyl adjacent to an activating group) is 1. The van der Waals surface area contributed by atoms with Gasteiger partial charge in [0.05, 0.1) is 27.3 Å².